The lowest BCUT2D eigenvalue weighted by atomic mass is 10.1. The summed E-state index contributed by atoms with van der Waals surface area (Å²) < 4.78 is 0. The van der Waals surface area contributed by atoms with Crippen molar-refractivity contribution in [2.24, 2.45) is 0 Å². The van der Waals surface area contributed by atoms with Gasteiger partial charge in [0.2, 0.25) is 0 Å². The predicted molar refractivity (Wildman–Crippen MR) is 91.8 cm³/mol. The van der Waals surface area contributed by atoms with Crippen molar-refractivity contribution in [3.8, 4) is 0 Å². The van der Waals surface area contributed by atoms with Crippen molar-refractivity contribution in [2.75, 3.05) is 6.54 Å². The van der Waals surface area contributed by atoms with E-state index < -0.39 is 0 Å². The molecular formula is C19H18N2O2. The molecule has 3 aromatic rings. The number of rotatable bonds is 4. The molecule has 0 aliphatic carbocycles. The Morgan fingerprint density at radius 1 is 1.09 bits per heavy atom. The zero-order valence-corrected chi connectivity index (χ0v) is 12.9. The third kappa shape index (κ3) is 3.48. The van der Waals surface area contributed by atoms with Gasteiger partial charge in [0.15, 0.2) is 0 Å². The number of nitrogens with one attached hydrogen (secondary N) is 2. The van der Waals surface area contributed by atoms with Gasteiger partial charge >= 0.3 is 0 Å². The van der Waals surface area contributed by atoms with Gasteiger partial charge in [-0.05, 0) is 48.6 Å². The standard InChI is InChI=1S/C19H18N2O2/c1-13-7-8-15-12-16(19(23)21-17(15)11-13)9-10-20-18(22)14-5-3-2-4-6-14/h2-8,11-12H,9-10H2,1H3,(H,20,22)(H,21,23). The largest absolute Gasteiger partial charge is 0.352 e. The van der Waals surface area contributed by atoms with E-state index in [0.717, 1.165) is 16.5 Å². The summed E-state index contributed by atoms with van der Waals surface area (Å²) in [7, 11) is 0. The number of hydrogen-bond acceptors (Lipinski definition) is 2. The second-order valence-corrected chi connectivity index (χ2v) is 5.59. The van der Waals surface area contributed by atoms with Crippen LogP contribution in [0.3, 0.4) is 0 Å². The number of amides is 1. The molecule has 3 rings (SSSR count). The first-order valence-electron chi connectivity index (χ1n) is 7.59. The fourth-order valence-corrected chi connectivity index (χ4v) is 2.55. The summed E-state index contributed by atoms with van der Waals surface area (Å²) in [5.74, 6) is -0.126. The highest BCUT2D eigenvalue weighted by Crippen LogP contribution is 2.13. The van der Waals surface area contributed by atoms with E-state index in [1.165, 1.54) is 0 Å². The molecule has 1 heterocycles. The van der Waals surface area contributed by atoms with Crippen LogP contribution in [0.1, 0.15) is 21.5 Å². The predicted octanol–water partition coefficient (Wildman–Crippen LogP) is 2.81. The van der Waals surface area contributed by atoms with Crippen molar-refractivity contribution in [3.63, 3.8) is 0 Å². The molecule has 0 bridgehead atoms. The van der Waals surface area contributed by atoms with Crippen molar-refractivity contribution in [2.45, 2.75) is 13.3 Å². The summed E-state index contributed by atoms with van der Waals surface area (Å²) >= 11 is 0. The van der Waals surface area contributed by atoms with Gasteiger partial charge in [-0.15, -0.1) is 0 Å². The van der Waals surface area contributed by atoms with Gasteiger partial charge in [0.05, 0.1) is 0 Å². The van der Waals surface area contributed by atoms with Gasteiger partial charge in [0.1, 0.15) is 0 Å². The minimum absolute atomic E-state index is 0.0999. The Morgan fingerprint density at radius 3 is 2.65 bits per heavy atom. The molecule has 0 spiro atoms. The maximum Gasteiger partial charge on any atom is 0.251 e. The molecule has 0 saturated carbocycles. The van der Waals surface area contributed by atoms with Crippen LogP contribution in [-0.2, 0) is 6.42 Å². The molecule has 0 radical (unpaired) electrons. The second-order valence-electron chi connectivity index (χ2n) is 5.59. The van der Waals surface area contributed by atoms with Gasteiger partial charge in [0.25, 0.3) is 11.5 Å². The molecule has 1 aromatic heterocycles. The van der Waals surface area contributed by atoms with Crippen molar-refractivity contribution in [3.05, 3.63) is 81.6 Å². The van der Waals surface area contributed by atoms with Crippen LogP contribution < -0.4 is 10.9 Å². The van der Waals surface area contributed by atoms with Crippen molar-refractivity contribution in [1.29, 1.82) is 0 Å². The molecule has 4 nitrogen and oxygen atoms in total. The molecule has 0 atom stereocenters. The highest BCUT2D eigenvalue weighted by Gasteiger charge is 2.06. The van der Waals surface area contributed by atoms with Gasteiger partial charge < -0.3 is 10.3 Å². The number of aromatic amines is 1. The van der Waals surface area contributed by atoms with E-state index in [-0.39, 0.29) is 11.5 Å². The van der Waals surface area contributed by atoms with E-state index in [1.54, 1.807) is 12.1 Å². The number of carbonyl (C=O) groups excluding carboxylic acids is 1. The van der Waals surface area contributed by atoms with Crippen LogP contribution >= 0.6 is 0 Å². The summed E-state index contributed by atoms with van der Waals surface area (Å²) in [5.41, 5.74) is 3.14. The van der Waals surface area contributed by atoms with E-state index in [4.69, 9.17) is 0 Å². The van der Waals surface area contributed by atoms with Crippen molar-refractivity contribution < 1.29 is 4.79 Å². The Balaban J connectivity index is 1.70. The van der Waals surface area contributed by atoms with E-state index in [0.29, 0.717) is 24.1 Å². The number of fused-ring (bicyclic) bond motifs is 1. The second kappa shape index (κ2) is 6.48. The van der Waals surface area contributed by atoms with Gasteiger partial charge in [0, 0.05) is 23.2 Å². The number of aryl methyl sites for hydroxylation is 1. The van der Waals surface area contributed by atoms with E-state index in [2.05, 4.69) is 10.3 Å². The lowest BCUT2D eigenvalue weighted by Gasteiger charge is -2.06. The zero-order chi connectivity index (χ0) is 16.2. The topological polar surface area (TPSA) is 62.0 Å². The summed E-state index contributed by atoms with van der Waals surface area (Å²) in [6.07, 6.45) is 0.498. The lowest BCUT2D eigenvalue weighted by Crippen LogP contribution is -2.27. The van der Waals surface area contributed by atoms with Gasteiger partial charge in [-0.2, -0.15) is 0 Å². The first-order valence-corrected chi connectivity index (χ1v) is 7.59. The van der Waals surface area contributed by atoms with E-state index in [9.17, 15) is 9.59 Å². The molecule has 116 valence electrons. The van der Waals surface area contributed by atoms with Crippen LogP contribution in [0.4, 0.5) is 0 Å². The molecule has 4 heteroatoms. The van der Waals surface area contributed by atoms with Crippen molar-refractivity contribution in [1.82, 2.24) is 10.3 Å². The lowest BCUT2D eigenvalue weighted by molar-refractivity contribution is 0.0954. The summed E-state index contributed by atoms with van der Waals surface area (Å²) in [5, 5.41) is 3.84. The quantitative estimate of drug-likeness (QED) is 0.778. The maximum absolute atomic E-state index is 12.1. The number of hydrogen-bond donors (Lipinski definition) is 2. The molecule has 0 aliphatic rings. The molecule has 0 aliphatic heterocycles. The van der Waals surface area contributed by atoms with Gasteiger partial charge in [-0.1, -0.05) is 30.3 Å². The fraction of sp³-hybridized carbons (Fsp3) is 0.158. The molecule has 1 amide bonds. The van der Waals surface area contributed by atoms with Crippen LogP contribution in [0.15, 0.2) is 59.4 Å². The molecule has 2 N–H and O–H groups in total. The molecule has 0 saturated heterocycles. The van der Waals surface area contributed by atoms with E-state index in [1.807, 2.05) is 49.4 Å². The number of benzene rings is 2. The Morgan fingerprint density at radius 2 is 1.87 bits per heavy atom. The Hall–Kier alpha value is -2.88. The van der Waals surface area contributed by atoms with Crippen molar-refractivity contribution >= 4 is 16.8 Å². The first-order chi connectivity index (χ1) is 11.1. The Kier molecular flexibility index (Phi) is 4.24. The number of carbonyl (C=O) groups is 1. The smallest absolute Gasteiger partial charge is 0.251 e. The fourth-order valence-electron chi connectivity index (χ4n) is 2.55. The normalized spacial score (nSPS) is 10.7. The molecule has 0 unspecified atom stereocenters. The van der Waals surface area contributed by atoms with Crippen LogP contribution in [0.25, 0.3) is 10.9 Å². The number of H-pyrrole nitrogens is 1. The van der Waals surface area contributed by atoms with E-state index >= 15 is 0 Å². The average molecular weight is 306 g/mol. The third-order valence-corrected chi connectivity index (χ3v) is 3.79. The van der Waals surface area contributed by atoms with Gasteiger partial charge in [-0.25, -0.2) is 0 Å². The summed E-state index contributed by atoms with van der Waals surface area (Å²) in [6.45, 7) is 2.42. The number of pyridine rings is 1. The van der Waals surface area contributed by atoms with Crippen LogP contribution in [0.2, 0.25) is 0 Å². The minimum Gasteiger partial charge on any atom is -0.352 e. The molecule has 0 fully saturated rings. The monoisotopic (exact) mass is 306 g/mol. The maximum atomic E-state index is 12.1. The van der Waals surface area contributed by atoms with Crippen LogP contribution in [0, 0.1) is 6.92 Å². The molecule has 23 heavy (non-hydrogen) atoms. The molecular weight excluding hydrogens is 288 g/mol. The molecule has 2 aromatic carbocycles. The van der Waals surface area contributed by atoms with Crippen LogP contribution in [-0.4, -0.2) is 17.4 Å². The summed E-state index contributed by atoms with van der Waals surface area (Å²) in [4.78, 5) is 27.0. The average Bonchev–Trinajstić information content (AvgIpc) is 2.56. The first kappa shape index (κ1) is 15.0. The van der Waals surface area contributed by atoms with Crippen LogP contribution in [0.5, 0.6) is 0 Å². The highest BCUT2D eigenvalue weighted by atomic mass is 16.1. The number of aromatic nitrogens is 1. The SMILES string of the molecule is Cc1ccc2cc(CCNC(=O)c3ccccc3)c(=O)[nH]c2c1. The third-order valence-electron chi connectivity index (χ3n) is 3.79. The van der Waals surface area contributed by atoms with Gasteiger partial charge in [-0.3, -0.25) is 9.59 Å². The Bertz CT molecular complexity index is 898. The Labute approximate surface area is 134 Å². The highest BCUT2D eigenvalue weighted by molar-refractivity contribution is 5.94. The zero-order valence-electron chi connectivity index (χ0n) is 12.9. The minimum atomic E-state index is -0.126. The summed E-state index contributed by atoms with van der Waals surface area (Å²) in [6, 6.07) is 16.9.